The maximum atomic E-state index is 5.57. The minimum Gasteiger partial charge on any atom is -0.369 e. The lowest BCUT2D eigenvalue weighted by atomic mass is 10.2. The molecule has 0 aromatic carbocycles. The molecule has 66 valence electrons. The van der Waals surface area contributed by atoms with Gasteiger partial charge in [-0.1, -0.05) is 0 Å². The van der Waals surface area contributed by atoms with Gasteiger partial charge in [0.1, 0.15) is 0 Å². The summed E-state index contributed by atoms with van der Waals surface area (Å²) >= 11 is 1.98. The highest BCUT2D eigenvalue weighted by Gasteiger charge is 2.21. The third-order valence-corrected chi connectivity index (χ3v) is 3.56. The summed E-state index contributed by atoms with van der Waals surface area (Å²) in [7, 11) is 0. The number of nitrogens with two attached hydrogens (primary N) is 1. The summed E-state index contributed by atoms with van der Waals surface area (Å²) < 4.78 is 0. The first-order valence-corrected chi connectivity index (χ1v) is 5.26. The van der Waals surface area contributed by atoms with Crippen LogP contribution in [0.2, 0.25) is 0 Å². The molecule has 2 rings (SSSR count). The average Bonchev–Trinajstić information content (AvgIpc) is 2.58. The summed E-state index contributed by atoms with van der Waals surface area (Å²) in [6, 6.07) is 0. The summed E-state index contributed by atoms with van der Waals surface area (Å²) in [4.78, 5) is 7.33. The van der Waals surface area contributed by atoms with E-state index in [1.165, 1.54) is 18.6 Å². The largest absolute Gasteiger partial charge is 0.369 e. The monoisotopic (exact) mass is 183 g/mol. The van der Waals surface area contributed by atoms with Crippen molar-refractivity contribution >= 4 is 17.7 Å². The van der Waals surface area contributed by atoms with E-state index >= 15 is 0 Å². The van der Waals surface area contributed by atoms with Crippen LogP contribution in [0.3, 0.4) is 0 Å². The molecule has 3 nitrogen and oxygen atoms in total. The minimum atomic E-state index is 0.551. The SMILES string of the molecule is Cc1[nH]c(N)nc1C1CCCS1. The number of H-pyrrole nitrogens is 1. The van der Waals surface area contributed by atoms with Gasteiger partial charge in [-0.15, -0.1) is 0 Å². The van der Waals surface area contributed by atoms with E-state index in [-0.39, 0.29) is 0 Å². The van der Waals surface area contributed by atoms with Crippen LogP contribution in [0.5, 0.6) is 0 Å². The van der Waals surface area contributed by atoms with Crippen molar-refractivity contribution in [3.63, 3.8) is 0 Å². The molecule has 1 aromatic heterocycles. The number of aryl methyl sites for hydroxylation is 1. The van der Waals surface area contributed by atoms with Gasteiger partial charge < -0.3 is 10.7 Å². The van der Waals surface area contributed by atoms with Crippen LogP contribution >= 0.6 is 11.8 Å². The van der Waals surface area contributed by atoms with Crippen molar-refractivity contribution < 1.29 is 0 Å². The van der Waals surface area contributed by atoms with Crippen LogP contribution in [-0.4, -0.2) is 15.7 Å². The minimum absolute atomic E-state index is 0.551. The maximum absolute atomic E-state index is 5.57. The summed E-state index contributed by atoms with van der Waals surface area (Å²) in [6.07, 6.45) is 2.55. The lowest BCUT2D eigenvalue weighted by Crippen LogP contribution is -1.92. The quantitative estimate of drug-likeness (QED) is 0.698. The number of thioether (sulfide) groups is 1. The average molecular weight is 183 g/mol. The molecule has 1 atom stereocenters. The zero-order chi connectivity index (χ0) is 8.55. The second-order valence-corrected chi connectivity index (χ2v) is 4.44. The van der Waals surface area contributed by atoms with Crippen molar-refractivity contribution in [1.82, 2.24) is 9.97 Å². The van der Waals surface area contributed by atoms with Crippen molar-refractivity contribution in [1.29, 1.82) is 0 Å². The van der Waals surface area contributed by atoms with Crippen LogP contribution in [-0.2, 0) is 0 Å². The highest BCUT2D eigenvalue weighted by molar-refractivity contribution is 7.99. The molecule has 1 aliphatic rings. The lowest BCUT2D eigenvalue weighted by molar-refractivity contribution is 0.807. The molecule has 1 fully saturated rings. The number of nitrogens with one attached hydrogen (secondary N) is 1. The summed E-state index contributed by atoms with van der Waals surface area (Å²) in [5.74, 6) is 1.81. The van der Waals surface area contributed by atoms with E-state index in [4.69, 9.17) is 5.73 Å². The highest BCUT2D eigenvalue weighted by Crippen LogP contribution is 2.40. The van der Waals surface area contributed by atoms with E-state index in [0.29, 0.717) is 11.2 Å². The molecule has 4 heteroatoms. The normalized spacial score (nSPS) is 23.2. The van der Waals surface area contributed by atoms with Gasteiger partial charge in [0.25, 0.3) is 0 Å². The van der Waals surface area contributed by atoms with E-state index in [0.717, 1.165) is 11.4 Å². The third kappa shape index (κ3) is 1.31. The number of anilines is 1. The zero-order valence-electron chi connectivity index (χ0n) is 7.13. The van der Waals surface area contributed by atoms with Gasteiger partial charge >= 0.3 is 0 Å². The van der Waals surface area contributed by atoms with Crippen LogP contribution in [0.15, 0.2) is 0 Å². The Morgan fingerprint density at radius 1 is 1.67 bits per heavy atom. The Kier molecular flexibility index (Phi) is 2.00. The fourth-order valence-corrected chi connectivity index (χ4v) is 2.94. The molecule has 0 bridgehead atoms. The standard InChI is InChI=1S/C8H13N3S/c1-5-7(11-8(9)10-5)6-3-2-4-12-6/h6H,2-4H2,1H3,(H3,9,10,11). The van der Waals surface area contributed by atoms with Gasteiger partial charge in [-0.25, -0.2) is 4.98 Å². The van der Waals surface area contributed by atoms with Crippen molar-refractivity contribution in [3.8, 4) is 0 Å². The van der Waals surface area contributed by atoms with E-state index in [1.54, 1.807) is 0 Å². The Balaban J connectivity index is 2.25. The molecule has 3 N–H and O–H groups in total. The third-order valence-electron chi connectivity index (χ3n) is 2.18. The van der Waals surface area contributed by atoms with Crippen LogP contribution in [0.4, 0.5) is 5.95 Å². The van der Waals surface area contributed by atoms with Crippen LogP contribution in [0.25, 0.3) is 0 Å². The highest BCUT2D eigenvalue weighted by atomic mass is 32.2. The van der Waals surface area contributed by atoms with Gasteiger partial charge in [0.15, 0.2) is 5.95 Å². The molecule has 1 aromatic rings. The summed E-state index contributed by atoms with van der Waals surface area (Å²) in [5, 5.41) is 0.582. The second-order valence-electron chi connectivity index (χ2n) is 3.13. The first-order valence-electron chi connectivity index (χ1n) is 4.21. The van der Waals surface area contributed by atoms with Crippen LogP contribution in [0.1, 0.15) is 29.5 Å². The molecule has 0 radical (unpaired) electrons. The molecule has 12 heavy (non-hydrogen) atoms. The van der Waals surface area contributed by atoms with Crippen LogP contribution < -0.4 is 5.73 Å². The van der Waals surface area contributed by atoms with E-state index in [2.05, 4.69) is 9.97 Å². The van der Waals surface area contributed by atoms with Gasteiger partial charge in [-0.3, -0.25) is 0 Å². The smallest absolute Gasteiger partial charge is 0.197 e. The molecule has 1 aliphatic heterocycles. The predicted octanol–water partition coefficient (Wildman–Crippen LogP) is 1.87. The number of aromatic amines is 1. The van der Waals surface area contributed by atoms with Crippen molar-refractivity contribution in [3.05, 3.63) is 11.4 Å². The van der Waals surface area contributed by atoms with Gasteiger partial charge in [0.2, 0.25) is 0 Å². The van der Waals surface area contributed by atoms with Gasteiger partial charge in [-0.05, 0) is 25.5 Å². The first-order chi connectivity index (χ1) is 5.77. The molecule has 0 aliphatic carbocycles. The zero-order valence-corrected chi connectivity index (χ0v) is 7.95. The van der Waals surface area contributed by atoms with Crippen molar-refractivity contribution in [2.24, 2.45) is 0 Å². The topological polar surface area (TPSA) is 54.7 Å². The van der Waals surface area contributed by atoms with E-state index in [1.807, 2.05) is 18.7 Å². The number of nitrogen functional groups attached to an aromatic ring is 1. The van der Waals surface area contributed by atoms with Gasteiger partial charge in [0, 0.05) is 10.9 Å². The summed E-state index contributed by atoms with van der Waals surface area (Å²) in [6.45, 7) is 2.04. The Bertz CT molecular complexity index is 276. The van der Waals surface area contributed by atoms with E-state index < -0.39 is 0 Å². The number of hydrogen-bond acceptors (Lipinski definition) is 3. The molecule has 1 saturated heterocycles. The number of imidazole rings is 1. The Morgan fingerprint density at radius 2 is 2.50 bits per heavy atom. The Hall–Kier alpha value is -0.640. The maximum Gasteiger partial charge on any atom is 0.197 e. The van der Waals surface area contributed by atoms with Crippen molar-refractivity contribution in [2.75, 3.05) is 11.5 Å². The fraction of sp³-hybridized carbons (Fsp3) is 0.625. The molecule has 1 unspecified atom stereocenters. The molecule has 0 amide bonds. The van der Waals surface area contributed by atoms with E-state index in [9.17, 15) is 0 Å². The Labute approximate surface area is 76.1 Å². The van der Waals surface area contributed by atoms with Gasteiger partial charge in [-0.2, -0.15) is 11.8 Å². The molecular weight excluding hydrogens is 170 g/mol. The van der Waals surface area contributed by atoms with Crippen molar-refractivity contribution in [2.45, 2.75) is 25.0 Å². The number of rotatable bonds is 1. The lowest BCUT2D eigenvalue weighted by Gasteiger charge is -2.04. The summed E-state index contributed by atoms with van der Waals surface area (Å²) in [5.41, 5.74) is 7.86. The number of hydrogen-bond donors (Lipinski definition) is 2. The number of aromatic nitrogens is 2. The second kappa shape index (κ2) is 3.01. The fourth-order valence-electron chi connectivity index (χ4n) is 1.60. The van der Waals surface area contributed by atoms with Gasteiger partial charge in [0.05, 0.1) is 5.69 Å². The molecular formula is C8H13N3S. The number of nitrogens with zero attached hydrogens (tertiary/aromatic N) is 1. The first kappa shape index (κ1) is 7.98. The molecule has 0 spiro atoms. The molecule has 0 saturated carbocycles. The Morgan fingerprint density at radius 3 is 3.00 bits per heavy atom. The predicted molar refractivity (Wildman–Crippen MR) is 52.2 cm³/mol. The van der Waals surface area contributed by atoms with Crippen LogP contribution in [0, 0.1) is 6.92 Å². The molecule has 2 heterocycles.